The summed E-state index contributed by atoms with van der Waals surface area (Å²) in [6.45, 7) is 7.88. The molecule has 7 nitrogen and oxygen atoms in total. The average molecular weight is 435 g/mol. The highest BCUT2D eigenvalue weighted by Gasteiger charge is 2.30. The third kappa shape index (κ3) is 4.61. The molecule has 0 radical (unpaired) electrons. The van der Waals surface area contributed by atoms with Crippen LogP contribution in [0.4, 0.5) is 10.5 Å². The lowest BCUT2D eigenvalue weighted by Gasteiger charge is -2.35. The molecular formula is C25H30N4O3. The van der Waals surface area contributed by atoms with E-state index in [-0.39, 0.29) is 11.9 Å². The van der Waals surface area contributed by atoms with Gasteiger partial charge in [-0.25, -0.2) is 4.79 Å². The van der Waals surface area contributed by atoms with Crippen LogP contribution in [0.3, 0.4) is 0 Å². The minimum Gasteiger partial charge on any atom is -0.497 e. The highest BCUT2D eigenvalue weighted by molar-refractivity contribution is 6.18. The number of piperazine rings is 1. The topological polar surface area (TPSA) is 65.5 Å². The van der Waals surface area contributed by atoms with Crippen molar-refractivity contribution in [1.82, 2.24) is 9.80 Å². The molecule has 0 atom stereocenters. The van der Waals surface area contributed by atoms with E-state index in [9.17, 15) is 9.59 Å². The number of anilines is 1. The van der Waals surface area contributed by atoms with Crippen LogP contribution in [0.25, 0.3) is 0 Å². The van der Waals surface area contributed by atoms with Crippen LogP contribution in [0.15, 0.2) is 53.5 Å². The minimum absolute atomic E-state index is 0.00815. The first-order chi connectivity index (χ1) is 15.5. The Kier molecular flexibility index (Phi) is 6.44. The zero-order valence-corrected chi connectivity index (χ0v) is 19.0. The van der Waals surface area contributed by atoms with Gasteiger partial charge in [0, 0.05) is 49.5 Å². The number of benzene rings is 2. The van der Waals surface area contributed by atoms with Gasteiger partial charge in [-0.1, -0.05) is 32.0 Å². The lowest BCUT2D eigenvalue weighted by atomic mass is 9.96. The van der Waals surface area contributed by atoms with Crippen LogP contribution < -0.4 is 9.64 Å². The second-order valence-electron chi connectivity index (χ2n) is 8.64. The van der Waals surface area contributed by atoms with E-state index in [1.54, 1.807) is 16.9 Å². The van der Waals surface area contributed by atoms with Crippen molar-refractivity contribution in [2.24, 2.45) is 10.9 Å². The van der Waals surface area contributed by atoms with Crippen molar-refractivity contribution < 1.29 is 14.3 Å². The number of methoxy groups -OCH3 is 1. The summed E-state index contributed by atoms with van der Waals surface area (Å²) in [6.07, 6.45) is 0. The fraction of sp³-hybridized carbons (Fsp3) is 0.400. The number of amides is 3. The van der Waals surface area contributed by atoms with Gasteiger partial charge in [-0.3, -0.25) is 4.79 Å². The van der Waals surface area contributed by atoms with Gasteiger partial charge in [0.2, 0.25) is 0 Å². The Morgan fingerprint density at radius 3 is 2.28 bits per heavy atom. The first kappa shape index (κ1) is 21.9. The molecule has 168 valence electrons. The second kappa shape index (κ2) is 9.42. The predicted molar refractivity (Wildman–Crippen MR) is 126 cm³/mol. The summed E-state index contributed by atoms with van der Waals surface area (Å²) in [5, 5.41) is 0. The van der Waals surface area contributed by atoms with Crippen molar-refractivity contribution in [3.8, 4) is 5.75 Å². The van der Waals surface area contributed by atoms with E-state index in [1.807, 2.05) is 48.5 Å². The third-order valence-corrected chi connectivity index (χ3v) is 5.90. The number of nitrogens with zero attached hydrogens (tertiary/aromatic N) is 4. The normalized spacial score (nSPS) is 17.7. The van der Waals surface area contributed by atoms with E-state index >= 15 is 0 Å². The van der Waals surface area contributed by atoms with E-state index < -0.39 is 0 Å². The van der Waals surface area contributed by atoms with Gasteiger partial charge in [0.15, 0.2) is 0 Å². The van der Waals surface area contributed by atoms with Crippen LogP contribution >= 0.6 is 0 Å². The third-order valence-electron chi connectivity index (χ3n) is 5.90. The van der Waals surface area contributed by atoms with E-state index in [0.29, 0.717) is 43.4 Å². The van der Waals surface area contributed by atoms with Gasteiger partial charge in [-0.05, 0) is 36.2 Å². The minimum atomic E-state index is -0.233. The average Bonchev–Trinajstić information content (AvgIpc) is 2.82. The van der Waals surface area contributed by atoms with Gasteiger partial charge >= 0.3 is 6.03 Å². The first-order valence-electron chi connectivity index (χ1n) is 11.1. The maximum Gasteiger partial charge on any atom is 0.343 e. The molecule has 2 aliphatic rings. The summed E-state index contributed by atoms with van der Waals surface area (Å²) in [6, 6.07) is 15.2. The van der Waals surface area contributed by atoms with Crippen LogP contribution in [0.5, 0.6) is 5.75 Å². The molecule has 0 saturated carbocycles. The van der Waals surface area contributed by atoms with Crippen molar-refractivity contribution >= 4 is 23.3 Å². The summed E-state index contributed by atoms with van der Waals surface area (Å²) in [5.74, 6) is 1.18. The highest BCUT2D eigenvalue weighted by Crippen LogP contribution is 2.23. The number of urea groups is 1. The van der Waals surface area contributed by atoms with Crippen LogP contribution in [0.2, 0.25) is 0 Å². The fourth-order valence-electron chi connectivity index (χ4n) is 4.25. The van der Waals surface area contributed by atoms with Crippen molar-refractivity contribution in [2.75, 3.05) is 51.3 Å². The lowest BCUT2D eigenvalue weighted by molar-refractivity contribution is 0.0755. The van der Waals surface area contributed by atoms with Crippen LogP contribution in [-0.2, 0) is 0 Å². The summed E-state index contributed by atoms with van der Waals surface area (Å²) >= 11 is 0. The smallest absolute Gasteiger partial charge is 0.343 e. The quantitative estimate of drug-likeness (QED) is 0.738. The molecule has 2 aromatic carbocycles. The number of aliphatic imine (C=N–C) groups is 1. The molecule has 4 rings (SSSR count). The summed E-state index contributed by atoms with van der Waals surface area (Å²) < 4.78 is 5.23. The largest absolute Gasteiger partial charge is 0.497 e. The molecule has 32 heavy (non-hydrogen) atoms. The van der Waals surface area contributed by atoms with E-state index in [2.05, 4.69) is 23.7 Å². The standard InChI is InChI=1S/C25H30N4O3/c1-18(2)16-29-17-23(21-6-4-5-7-22(21)24(29)30)26-25(31)28-14-12-27(13-15-28)19-8-10-20(32-3)11-9-19/h4-11,18H,12-17H2,1-3H3. The molecule has 2 heterocycles. The van der Waals surface area contributed by atoms with Crippen molar-refractivity contribution in [3.63, 3.8) is 0 Å². The summed E-state index contributed by atoms with van der Waals surface area (Å²) in [5.41, 5.74) is 3.18. The molecule has 0 spiro atoms. The Labute approximate surface area is 189 Å². The number of rotatable bonds is 4. The second-order valence-corrected chi connectivity index (χ2v) is 8.64. The van der Waals surface area contributed by atoms with Crippen LogP contribution in [0, 0.1) is 5.92 Å². The Bertz CT molecular complexity index is 1010. The number of hydrogen-bond donors (Lipinski definition) is 0. The van der Waals surface area contributed by atoms with Crippen molar-refractivity contribution in [2.45, 2.75) is 13.8 Å². The Morgan fingerprint density at radius 2 is 1.66 bits per heavy atom. The maximum atomic E-state index is 13.0. The zero-order chi connectivity index (χ0) is 22.7. The number of carbonyl (C=O) groups is 2. The molecule has 7 heteroatoms. The Morgan fingerprint density at radius 1 is 1.00 bits per heavy atom. The van der Waals surface area contributed by atoms with E-state index in [1.165, 1.54) is 0 Å². The van der Waals surface area contributed by atoms with Gasteiger partial charge in [-0.15, -0.1) is 0 Å². The number of ether oxygens (including phenoxy) is 1. The fourth-order valence-corrected chi connectivity index (χ4v) is 4.25. The Hall–Kier alpha value is -3.35. The molecule has 0 unspecified atom stereocenters. The molecule has 0 N–H and O–H groups in total. The van der Waals surface area contributed by atoms with Crippen LogP contribution in [-0.4, -0.2) is 73.8 Å². The van der Waals surface area contributed by atoms with Gasteiger partial charge in [0.25, 0.3) is 5.91 Å². The molecule has 2 aromatic rings. The molecule has 0 bridgehead atoms. The van der Waals surface area contributed by atoms with Gasteiger partial charge in [0.05, 0.1) is 19.4 Å². The van der Waals surface area contributed by atoms with Crippen molar-refractivity contribution in [3.05, 3.63) is 59.7 Å². The number of hydrogen-bond acceptors (Lipinski definition) is 4. The maximum absolute atomic E-state index is 13.0. The molecule has 2 aliphatic heterocycles. The van der Waals surface area contributed by atoms with Gasteiger partial charge in [-0.2, -0.15) is 4.99 Å². The zero-order valence-electron chi connectivity index (χ0n) is 19.0. The summed E-state index contributed by atoms with van der Waals surface area (Å²) in [4.78, 5) is 36.2. The van der Waals surface area contributed by atoms with E-state index in [4.69, 9.17) is 4.74 Å². The highest BCUT2D eigenvalue weighted by atomic mass is 16.5. The molecule has 1 saturated heterocycles. The number of fused-ring (bicyclic) bond motifs is 1. The molecular weight excluding hydrogens is 404 g/mol. The molecule has 0 aliphatic carbocycles. The van der Waals surface area contributed by atoms with Crippen molar-refractivity contribution in [1.29, 1.82) is 0 Å². The SMILES string of the molecule is COc1ccc(N2CCN(C(=O)N=C3CN(CC(C)C)C(=O)c4ccccc43)CC2)cc1. The number of carbonyl (C=O) groups excluding carboxylic acids is 2. The predicted octanol–water partition coefficient (Wildman–Crippen LogP) is 3.54. The molecule has 1 fully saturated rings. The van der Waals surface area contributed by atoms with Crippen LogP contribution in [0.1, 0.15) is 29.8 Å². The Balaban J connectivity index is 1.47. The van der Waals surface area contributed by atoms with E-state index in [0.717, 1.165) is 30.1 Å². The molecule has 3 amide bonds. The van der Waals surface area contributed by atoms with Gasteiger partial charge < -0.3 is 19.4 Å². The molecule has 0 aromatic heterocycles. The summed E-state index contributed by atoms with van der Waals surface area (Å²) in [7, 11) is 1.66. The first-order valence-corrected chi connectivity index (χ1v) is 11.1. The van der Waals surface area contributed by atoms with Gasteiger partial charge in [0.1, 0.15) is 5.75 Å². The lowest BCUT2D eigenvalue weighted by Crippen LogP contribution is -2.49. The monoisotopic (exact) mass is 434 g/mol.